The van der Waals surface area contributed by atoms with Crippen LogP contribution in [0.3, 0.4) is 0 Å². The minimum Gasteiger partial charge on any atom is -0.377 e. The number of rotatable bonds is 9. The van der Waals surface area contributed by atoms with E-state index in [4.69, 9.17) is 23.7 Å². The van der Waals surface area contributed by atoms with Gasteiger partial charge in [-0.1, -0.05) is 91.0 Å². The Hall–Kier alpha value is -2.54. The van der Waals surface area contributed by atoms with Crippen LogP contribution >= 0.6 is 0 Å². The third-order valence-electron chi connectivity index (χ3n) is 6.39. The van der Waals surface area contributed by atoms with E-state index in [0.29, 0.717) is 26.4 Å². The van der Waals surface area contributed by atoms with Crippen LogP contribution in [0.2, 0.25) is 0 Å². The van der Waals surface area contributed by atoms with Gasteiger partial charge in [0.2, 0.25) is 0 Å². The second-order valence-electron chi connectivity index (χ2n) is 8.86. The molecule has 2 heterocycles. The Bertz CT molecular complexity index is 981. The SMILES string of the molecule is c1ccc(COCC[C@@H]2O[C@@H]3CO[C@@H](c4ccccc4)O[C@H]3C[C@H]2OCc2ccccc2)cc1. The highest BCUT2D eigenvalue weighted by Crippen LogP contribution is 2.35. The van der Waals surface area contributed by atoms with Crippen molar-refractivity contribution in [2.24, 2.45) is 0 Å². The third-order valence-corrected chi connectivity index (χ3v) is 6.39. The first-order valence-electron chi connectivity index (χ1n) is 12.1. The molecule has 34 heavy (non-hydrogen) atoms. The highest BCUT2D eigenvalue weighted by molar-refractivity contribution is 5.17. The van der Waals surface area contributed by atoms with E-state index in [2.05, 4.69) is 24.3 Å². The molecule has 0 aliphatic carbocycles. The second kappa shape index (κ2) is 11.7. The summed E-state index contributed by atoms with van der Waals surface area (Å²) in [6, 6.07) is 30.6. The summed E-state index contributed by atoms with van der Waals surface area (Å²) in [7, 11) is 0. The molecule has 0 spiro atoms. The molecule has 2 aliphatic heterocycles. The molecule has 2 saturated heterocycles. The zero-order valence-electron chi connectivity index (χ0n) is 19.3. The number of hydrogen-bond acceptors (Lipinski definition) is 5. The molecular weight excluding hydrogens is 428 g/mol. The molecule has 0 unspecified atom stereocenters. The highest BCUT2D eigenvalue weighted by Gasteiger charge is 2.43. The maximum Gasteiger partial charge on any atom is 0.184 e. The first kappa shape index (κ1) is 23.2. The minimum atomic E-state index is -0.369. The van der Waals surface area contributed by atoms with Crippen LogP contribution in [-0.4, -0.2) is 37.6 Å². The molecule has 5 heteroatoms. The fourth-order valence-corrected chi connectivity index (χ4v) is 4.56. The predicted molar refractivity (Wildman–Crippen MR) is 129 cm³/mol. The van der Waals surface area contributed by atoms with Gasteiger partial charge in [-0.25, -0.2) is 0 Å². The summed E-state index contributed by atoms with van der Waals surface area (Å²) < 4.78 is 31.1. The fraction of sp³-hybridized carbons (Fsp3) is 0.379. The van der Waals surface area contributed by atoms with Crippen LogP contribution in [0.4, 0.5) is 0 Å². The lowest BCUT2D eigenvalue weighted by atomic mass is 9.95. The largest absolute Gasteiger partial charge is 0.377 e. The van der Waals surface area contributed by atoms with Crippen LogP contribution in [0.5, 0.6) is 0 Å². The molecule has 2 fully saturated rings. The second-order valence-corrected chi connectivity index (χ2v) is 8.86. The van der Waals surface area contributed by atoms with Gasteiger partial charge in [0.05, 0.1) is 38.1 Å². The van der Waals surface area contributed by atoms with Crippen LogP contribution in [0.1, 0.15) is 35.8 Å². The Morgan fingerprint density at radius 1 is 0.706 bits per heavy atom. The van der Waals surface area contributed by atoms with Crippen molar-refractivity contribution in [3.8, 4) is 0 Å². The Morgan fingerprint density at radius 3 is 2.06 bits per heavy atom. The van der Waals surface area contributed by atoms with Gasteiger partial charge >= 0.3 is 0 Å². The maximum absolute atomic E-state index is 6.47. The van der Waals surface area contributed by atoms with E-state index in [0.717, 1.165) is 24.0 Å². The average Bonchev–Trinajstić information content (AvgIpc) is 2.91. The molecule has 5 rings (SSSR count). The summed E-state index contributed by atoms with van der Waals surface area (Å²) in [4.78, 5) is 0. The maximum atomic E-state index is 6.47. The van der Waals surface area contributed by atoms with Gasteiger partial charge in [0.25, 0.3) is 0 Å². The van der Waals surface area contributed by atoms with Gasteiger partial charge in [-0.2, -0.15) is 0 Å². The molecule has 0 bridgehead atoms. The predicted octanol–water partition coefficient (Wildman–Crippen LogP) is 5.45. The minimum absolute atomic E-state index is 0.0683. The molecule has 5 nitrogen and oxygen atoms in total. The van der Waals surface area contributed by atoms with E-state index in [9.17, 15) is 0 Å². The summed E-state index contributed by atoms with van der Waals surface area (Å²) in [5.41, 5.74) is 3.35. The van der Waals surface area contributed by atoms with Crippen LogP contribution in [0.25, 0.3) is 0 Å². The first-order valence-corrected chi connectivity index (χ1v) is 12.1. The fourth-order valence-electron chi connectivity index (χ4n) is 4.56. The van der Waals surface area contributed by atoms with E-state index in [1.807, 2.05) is 66.7 Å². The smallest absolute Gasteiger partial charge is 0.184 e. The lowest BCUT2D eigenvalue weighted by Crippen LogP contribution is -2.54. The molecule has 0 amide bonds. The van der Waals surface area contributed by atoms with Crippen LogP contribution in [0, 0.1) is 0 Å². The molecule has 2 aliphatic rings. The van der Waals surface area contributed by atoms with Gasteiger partial charge in [-0.3, -0.25) is 0 Å². The molecular formula is C29H32O5. The van der Waals surface area contributed by atoms with Crippen molar-refractivity contribution in [3.63, 3.8) is 0 Å². The van der Waals surface area contributed by atoms with Gasteiger partial charge in [0.15, 0.2) is 6.29 Å². The molecule has 3 aromatic rings. The van der Waals surface area contributed by atoms with Crippen molar-refractivity contribution < 1.29 is 23.7 Å². The third kappa shape index (κ3) is 6.12. The monoisotopic (exact) mass is 460 g/mol. The molecule has 5 atom stereocenters. The van der Waals surface area contributed by atoms with Crippen molar-refractivity contribution >= 4 is 0 Å². The zero-order chi connectivity index (χ0) is 23.0. The van der Waals surface area contributed by atoms with Gasteiger partial charge in [0.1, 0.15) is 6.10 Å². The van der Waals surface area contributed by atoms with Crippen LogP contribution in [-0.2, 0) is 36.9 Å². The molecule has 3 aromatic carbocycles. The Kier molecular flexibility index (Phi) is 8.01. The lowest BCUT2D eigenvalue weighted by Gasteiger charge is -2.45. The standard InChI is InChI=1S/C29H32O5/c1-4-10-22(11-5-1)19-30-17-16-25-26(31-20-23-12-6-2-7-13-23)18-27-28(33-25)21-32-29(34-27)24-14-8-3-9-15-24/h1-15,25-29H,16-21H2/t25-,26+,27-,28+,29+/m0/s1. The normalized spacial score (nSPS) is 26.6. The van der Waals surface area contributed by atoms with E-state index in [1.54, 1.807) is 0 Å². The van der Waals surface area contributed by atoms with Gasteiger partial charge in [-0.15, -0.1) is 0 Å². The summed E-state index contributed by atoms with van der Waals surface area (Å²) in [5.74, 6) is 0. The number of benzene rings is 3. The number of hydrogen-bond donors (Lipinski definition) is 0. The quantitative estimate of drug-likeness (QED) is 0.398. The zero-order valence-corrected chi connectivity index (χ0v) is 19.3. The molecule has 0 saturated carbocycles. The lowest BCUT2D eigenvalue weighted by molar-refractivity contribution is -0.307. The van der Waals surface area contributed by atoms with Crippen LogP contribution < -0.4 is 0 Å². The van der Waals surface area contributed by atoms with Crippen molar-refractivity contribution in [1.29, 1.82) is 0 Å². The topological polar surface area (TPSA) is 46.2 Å². The molecule has 0 N–H and O–H groups in total. The summed E-state index contributed by atoms with van der Waals surface area (Å²) >= 11 is 0. The highest BCUT2D eigenvalue weighted by atomic mass is 16.7. The number of fused-ring (bicyclic) bond motifs is 1. The Labute approximate surface area is 201 Å². The molecule has 0 aromatic heterocycles. The Balaban J connectivity index is 1.20. The Morgan fingerprint density at radius 2 is 1.35 bits per heavy atom. The van der Waals surface area contributed by atoms with Crippen molar-refractivity contribution in [1.82, 2.24) is 0 Å². The van der Waals surface area contributed by atoms with Gasteiger partial charge in [-0.05, 0) is 17.5 Å². The number of ether oxygens (including phenoxy) is 5. The van der Waals surface area contributed by atoms with Crippen molar-refractivity contribution in [2.75, 3.05) is 13.2 Å². The first-order chi connectivity index (χ1) is 16.8. The van der Waals surface area contributed by atoms with E-state index >= 15 is 0 Å². The van der Waals surface area contributed by atoms with Gasteiger partial charge < -0.3 is 23.7 Å². The van der Waals surface area contributed by atoms with Crippen molar-refractivity contribution in [3.05, 3.63) is 108 Å². The summed E-state index contributed by atoms with van der Waals surface area (Å²) in [5, 5.41) is 0. The summed E-state index contributed by atoms with van der Waals surface area (Å²) in [6.07, 6.45) is 0.853. The van der Waals surface area contributed by atoms with Crippen molar-refractivity contribution in [2.45, 2.75) is 56.8 Å². The van der Waals surface area contributed by atoms with Crippen LogP contribution in [0.15, 0.2) is 91.0 Å². The van der Waals surface area contributed by atoms with E-state index in [1.165, 1.54) is 5.56 Å². The summed E-state index contributed by atoms with van der Waals surface area (Å²) in [6.45, 7) is 2.26. The average molecular weight is 461 g/mol. The molecule has 178 valence electrons. The molecule has 0 radical (unpaired) electrons. The van der Waals surface area contributed by atoms with Gasteiger partial charge in [0, 0.05) is 18.6 Å². The van der Waals surface area contributed by atoms with E-state index < -0.39 is 0 Å². The van der Waals surface area contributed by atoms with E-state index in [-0.39, 0.29) is 30.7 Å².